The van der Waals surface area contributed by atoms with E-state index in [9.17, 15) is 0 Å². The summed E-state index contributed by atoms with van der Waals surface area (Å²) in [4.78, 5) is 13.3. The minimum absolute atomic E-state index is 0.819. The van der Waals surface area contributed by atoms with Crippen LogP contribution in [0.25, 0.3) is 0 Å². The number of rotatable bonds is 6. The van der Waals surface area contributed by atoms with Crippen LogP contribution in [0.2, 0.25) is 0 Å². The Balaban J connectivity index is 1.75. The van der Waals surface area contributed by atoms with Crippen LogP contribution in [-0.2, 0) is 0 Å². The standard InChI is InChI=1S/C13H22IN5/c14-12-10-16-11-17-13(12)19-8-6-18(7-9-19)5-3-1-2-4-15/h10-11H,1-9,15H2. The van der Waals surface area contributed by atoms with E-state index in [1.54, 1.807) is 6.33 Å². The largest absolute Gasteiger partial charge is 0.353 e. The molecule has 0 spiro atoms. The van der Waals surface area contributed by atoms with E-state index in [0.29, 0.717) is 0 Å². The van der Waals surface area contributed by atoms with Crippen LogP contribution in [0.5, 0.6) is 0 Å². The van der Waals surface area contributed by atoms with Crippen LogP contribution in [0.15, 0.2) is 12.5 Å². The van der Waals surface area contributed by atoms with Crippen molar-refractivity contribution in [3.05, 3.63) is 16.1 Å². The molecular weight excluding hydrogens is 353 g/mol. The van der Waals surface area contributed by atoms with Crippen molar-refractivity contribution in [1.29, 1.82) is 0 Å². The van der Waals surface area contributed by atoms with Gasteiger partial charge in [-0.3, -0.25) is 4.90 Å². The van der Waals surface area contributed by atoms with E-state index in [0.717, 1.165) is 48.5 Å². The maximum atomic E-state index is 5.51. The summed E-state index contributed by atoms with van der Waals surface area (Å²) < 4.78 is 1.14. The van der Waals surface area contributed by atoms with E-state index < -0.39 is 0 Å². The van der Waals surface area contributed by atoms with Crippen molar-refractivity contribution in [3.8, 4) is 0 Å². The van der Waals surface area contributed by atoms with Gasteiger partial charge in [0.1, 0.15) is 12.1 Å². The Labute approximate surface area is 128 Å². The van der Waals surface area contributed by atoms with Gasteiger partial charge >= 0.3 is 0 Å². The number of piperazine rings is 1. The molecule has 0 amide bonds. The Morgan fingerprint density at radius 1 is 1.16 bits per heavy atom. The molecule has 0 aromatic carbocycles. The molecule has 2 N–H and O–H groups in total. The number of nitrogens with zero attached hydrogens (tertiary/aromatic N) is 4. The van der Waals surface area contributed by atoms with Crippen molar-refractivity contribution in [2.24, 2.45) is 5.73 Å². The molecule has 1 aliphatic rings. The molecule has 2 rings (SSSR count). The van der Waals surface area contributed by atoms with Gasteiger partial charge in [0.05, 0.1) is 3.57 Å². The molecule has 0 unspecified atom stereocenters. The predicted molar refractivity (Wildman–Crippen MR) is 86.3 cm³/mol. The van der Waals surface area contributed by atoms with Crippen molar-refractivity contribution < 1.29 is 0 Å². The molecule has 1 saturated heterocycles. The van der Waals surface area contributed by atoms with Gasteiger partial charge in [-0.25, -0.2) is 9.97 Å². The van der Waals surface area contributed by atoms with Crippen molar-refractivity contribution in [2.75, 3.05) is 44.2 Å². The van der Waals surface area contributed by atoms with Gasteiger partial charge in [0, 0.05) is 32.4 Å². The van der Waals surface area contributed by atoms with Gasteiger partial charge < -0.3 is 10.6 Å². The topological polar surface area (TPSA) is 58.3 Å². The maximum Gasteiger partial charge on any atom is 0.145 e. The second-order valence-corrected chi connectivity index (χ2v) is 6.03. The fraction of sp³-hybridized carbons (Fsp3) is 0.692. The minimum atomic E-state index is 0.819. The fourth-order valence-electron chi connectivity index (χ4n) is 2.38. The third-order valence-corrected chi connectivity index (χ3v) is 4.26. The summed E-state index contributed by atoms with van der Waals surface area (Å²) in [5, 5.41) is 0. The molecule has 0 atom stereocenters. The van der Waals surface area contributed by atoms with Crippen LogP contribution in [0.4, 0.5) is 5.82 Å². The first-order chi connectivity index (χ1) is 9.31. The zero-order chi connectivity index (χ0) is 13.5. The van der Waals surface area contributed by atoms with Crippen LogP contribution >= 0.6 is 22.6 Å². The molecule has 0 radical (unpaired) electrons. The average molecular weight is 375 g/mol. The molecular formula is C13H22IN5. The van der Waals surface area contributed by atoms with Gasteiger partial charge in [-0.05, 0) is 48.5 Å². The highest BCUT2D eigenvalue weighted by molar-refractivity contribution is 14.1. The van der Waals surface area contributed by atoms with E-state index in [1.807, 2.05) is 6.20 Å². The first-order valence-electron chi connectivity index (χ1n) is 6.94. The summed E-state index contributed by atoms with van der Waals surface area (Å²) in [5.74, 6) is 1.08. The van der Waals surface area contributed by atoms with Gasteiger partial charge in [-0.1, -0.05) is 6.42 Å². The highest BCUT2D eigenvalue weighted by atomic mass is 127. The average Bonchev–Trinajstić information content (AvgIpc) is 2.45. The lowest BCUT2D eigenvalue weighted by molar-refractivity contribution is 0.252. The molecule has 1 aromatic rings. The highest BCUT2D eigenvalue weighted by Gasteiger charge is 2.19. The zero-order valence-electron chi connectivity index (χ0n) is 11.3. The van der Waals surface area contributed by atoms with Crippen LogP contribution < -0.4 is 10.6 Å². The fourth-order valence-corrected chi connectivity index (χ4v) is 3.02. The molecule has 1 aliphatic heterocycles. The summed E-state index contributed by atoms with van der Waals surface area (Å²) >= 11 is 2.31. The number of nitrogens with two attached hydrogens (primary N) is 1. The zero-order valence-corrected chi connectivity index (χ0v) is 13.4. The van der Waals surface area contributed by atoms with Crippen molar-refractivity contribution in [3.63, 3.8) is 0 Å². The Morgan fingerprint density at radius 3 is 2.63 bits per heavy atom. The van der Waals surface area contributed by atoms with E-state index in [4.69, 9.17) is 5.73 Å². The highest BCUT2D eigenvalue weighted by Crippen LogP contribution is 2.19. The Bertz CT molecular complexity index is 379. The molecule has 1 fully saturated rings. The molecule has 0 saturated carbocycles. The maximum absolute atomic E-state index is 5.51. The van der Waals surface area contributed by atoms with Gasteiger partial charge in [-0.2, -0.15) is 0 Å². The van der Waals surface area contributed by atoms with Gasteiger partial charge in [0.2, 0.25) is 0 Å². The lowest BCUT2D eigenvalue weighted by Gasteiger charge is -2.35. The number of anilines is 1. The SMILES string of the molecule is NCCCCCN1CCN(c2ncncc2I)CC1. The molecule has 5 nitrogen and oxygen atoms in total. The van der Waals surface area contributed by atoms with E-state index in [-0.39, 0.29) is 0 Å². The predicted octanol–water partition coefficient (Wildman–Crippen LogP) is 1.33. The van der Waals surface area contributed by atoms with Crippen molar-refractivity contribution >= 4 is 28.4 Å². The Hall–Kier alpha value is -0.470. The Morgan fingerprint density at radius 2 is 1.95 bits per heavy atom. The smallest absolute Gasteiger partial charge is 0.145 e. The normalized spacial score (nSPS) is 16.8. The summed E-state index contributed by atoms with van der Waals surface area (Å²) in [6, 6.07) is 0. The quantitative estimate of drug-likeness (QED) is 0.601. The summed E-state index contributed by atoms with van der Waals surface area (Å²) in [6.45, 7) is 6.40. The van der Waals surface area contributed by atoms with Crippen molar-refractivity contribution in [1.82, 2.24) is 14.9 Å². The van der Waals surface area contributed by atoms with E-state index in [2.05, 4.69) is 42.4 Å². The number of hydrogen-bond acceptors (Lipinski definition) is 5. The monoisotopic (exact) mass is 375 g/mol. The minimum Gasteiger partial charge on any atom is -0.353 e. The van der Waals surface area contributed by atoms with Gasteiger partial charge in [-0.15, -0.1) is 0 Å². The van der Waals surface area contributed by atoms with Crippen molar-refractivity contribution in [2.45, 2.75) is 19.3 Å². The number of hydrogen-bond donors (Lipinski definition) is 1. The van der Waals surface area contributed by atoms with Crippen LogP contribution in [0.1, 0.15) is 19.3 Å². The molecule has 0 bridgehead atoms. The second kappa shape index (κ2) is 7.96. The third kappa shape index (κ3) is 4.54. The molecule has 19 heavy (non-hydrogen) atoms. The third-order valence-electron chi connectivity index (χ3n) is 3.50. The van der Waals surface area contributed by atoms with Crippen LogP contribution in [0, 0.1) is 3.57 Å². The first-order valence-corrected chi connectivity index (χ1v) is 8.02. The lowest BCUT2D eigenvalue weighted by Crippen LogP contribution is -2.47. The molecule has 1 aromatic heterocycles. The van der Waals surface area contributed by atoms with Gasteiger partial charge in [0.15, 0.2) is 0 Å². The number of halogens is 1. The molecule has 6 heteroatoms. The first kappa shape index (κ1) is 14.9. The summed E-state index contributed by atoms with van der Waals surface area (Å²) in [7, 11) is 0. The summed E-state index contributed by atoms with van der Waals surface area (Å²) in [5.41, 5.74) is 5.51. The van der Waals surface area contributed by atoms with Gasteiger partial charge in [0.25, 0.3) is 0 Å². The second-order valence-electron chi connectivity index (χ2n) is 4.87. The lowest BCUT2D eigenvalue weighted by atomic mass is 10.2. The molecule has 106 valence electrons. The number of unbranched alkanes of at least 4 members (excludes halogenated alkanes) is 2. The van der Waals surface area contributed by atoms with E-state index in [1.165, 1.54) is 19.4 Å². The summed E-state index contributed by atoms with van der Waals surface area (Å²) in [6.07, 6.45) is 7.18. The molecule has 2 heterocycles. The van der Waals surface area contributed by atoms with Crippen LogP contribution in [-0.4, -0.2) is 54.1 Å². The van der Waals surface area contributed by atoms with Crippen LogP contribution in [0.3, 0.4) is 0 Å². The Kier molecular flexibility index (Phi) is 6.25. The van der Waals surface area contributed by atoms with E-state index >= 15 is 0 Å². The molecule has 0 aliphatic carbocycles. The number of aromatic nitrogens is 2.